The third-order valence-corrected chi connectivity index (χ3v) is 2.46. The predicted octanol–water partition coefficient (Wildman–Crippen LogP) is 1.25. The zero-order chi connectivity index (χ0) is 15.1. The van der Waals surface area contributed by atoms with Crippen molar-refractivity contribution in [3.05, 3.63) is 51.2 Å². The molecule has 1 amide bonds. The lowest BCUT2D eigenvalue weighted by molar-refractivity contribution is -0.467. The Hall–Kier alpha value is -2.41. The number of hydrogen-bond donors (Lipinski definition) is 1. The number of nitro groups is 1. The molecule has 1 rings (SSSR count). The lowest BCUT2D eigenvalue weighted by Crippen LogP contribution is -2.26. The van der Waals surface area contributed by atoms with Gasteiger partial charge in [-0.15, -0.1) is 0 Å². The minimum atomic E-state index is -0.883. The van der Waals surface area contributed by atoms with Crippen molar-refractivity contribution in [3.63, 3.8) is 0 Å². The van der Waals surface area contributed by atoms with E-state index < -0.39 is 23.3 Å². The van der Waals surface area contributed by atoms with Gasteiger partial charge in [-0.1, -0.05) is 23.7 Å². The van der Waals surface area contributed by atoms with E-state index in [0.717, 1.165) is 6.20 Å². The lowest BCUT2D eigenvalue weighted by Gasteiger charge is -2.06. The van der Waals surface area contributed by atoms with Crippen LogP contribution < -0.4 is 5.32 Å². The highest BCUT2D eigenvalue weighted by molar-refractivity contribution is 6.30. The second-order valence-electron chi connectivity index (χ2n) is 3.61. The topological polar surface area (TPSA) is 98.5 Å². The summed E-state index contributed by atoms with van der Waals surface area (Å²) >= 11 is 5.73. The smallest absolute Gasteiger partial charge is 0.339 e. The van der Waals surface area contributed by atoms with E-state index in [-0.39, 0.29) is 5.57 Å². The molecule has 106 valence electrons. The molecule has 0 heterocycles. The summed E-state index contributed by atoms with van der Waals surface area (Å²) in [7, 11) is 1.19. The molecule has 0 atom stereocenters. The van der Waals surface area contributed by atoms with Gasteiger partial charge in [0.25, 0.3) is 12.5 Å². The predicted molar refractivity (Wildman–Crippen MR) is 71.4 cm³/mol. The van der Waals surface area contributed by atoms with Crippen LogP contribution in [-0.2, 0) is 14.3 Å². The molecule has 20 heavy (non-hydrogen) atoms. The number of rotatable bonds is 5. The Morgan fingerprint density at radius 1 is 1.40 bits per heavy atom. The molecular weight excluding hydrogens is 288 g/mol. The number of amides is 1. The van der Waals surface area contributed by atoms with Crippen molar-refractivity contribution in [1.82, 2.24) is 5.32 Å². The number of benzene rings is 1. The SMILES string of the molecule is COC(=O)/C(=C/NC(=O)C[N+](=O)[O-])c1ccc(Cl)cc1. The maximum atomic E-state index is 11.6. The molecule has 0 bridgehead atoms. The number of halogens is 1. The molecule has 0 saturated carbocycles. The summed E-state index contributed by atoms with van der Waals surface area (Å²) in [6.07, 6.45) is 1.07. The van der Waals surface area contributed by atoms with Crippen molar-refractivity contribution in [3.8, 4) is 0 Å². The first kappa shape index (κ1) is 15.6. The van der Waals surface area contributed by atoms with Gasteiger partial charge in [-0.3, -0.25) is 14.9 Å². The molecule has 7 nitrogen and oxygen atoms in total. The fraction of sp³-hybridized carbons (Fsp3) is 0.167. The van der Waals surface area contributed by atoms with E-state index in [0.29, 0.717) is 10.6 Å². The highest BCUT2D eigenvalue weighted by atomic mass is 35.5. The highest BCUT2D eigenvalue weighted by Crippen LogP contribution is 2.18. The number of carbonyl (C=O) groups is 2. The third-order valence-electron chi connectivity index (χ3n) is 2.21. The lowest BCUT2D eigenvalue weighted by atomic mass is 10.1. The molecule has 1 aromatic carbocycles. The summed E-state index contributed by atoms with van der Waals surface area (Å²) in [5.74, 6) is -1.53. The quantitative estimate of drug-likeness (QED) is 0.382. The van der Waals surface area contributed by atoms with Crippen molar-refractivity contribution >= 4 is 29.1 Å². The molecule has 0 spiro atoms. The van der Waals surface area contributed by atoms with Crippen LogP contribution in [0, 0.1) is 10.1 Å². The van der Waals surface area contributed by atoms with E-state index in [4.69, 9.17) is 11.6 Å². The monoisotopic (exact) mass is 298 g/mol. The Labute approximate surface area is 119 Å². The Balaban J connectivity index is 2.95. The molecule has 1 aromatic rings. The fourth-order valence-electron chi connectivity index (χ4n) is 1.32. The molecule has 0 unspecified atom stereocenters. The van der Waals surface area contributed by atoms with E-state index in [1.807, 2.05) is 0 Å². The normalized spacial score (nSPS) is 10.8. The van der Waals surface area contributed by atoms with E-state index in [1.54, 1.807) is 24.3 Å². The number of nitrogens with one attached hydrogen (secondary N) is 1. The number of carbonyl (C=O) groups excluding carboxylic acids is 2. The van der Waals surface area contributed by atoms with Gasteiger partial charge in [0.05, 0.1) is 12.7 Å². The number of methoxy groups -OCH3 is 1. The van der Waals surface area contributed by atoms with Crippen LogP contribution in [0.1, 0.15) is 5.56 Å². The van der Waals surface area contributed by atoms with Gasteiger partial charge in [0.1, 0.15) is 0 Å². The summed E-state index contributed by atoms with van der Waals surface area (Å²) in [6.45, 7) is -0.883. The van der Waals surface area contributed by atoms with Gasteiger partial charge >= 0.3 is 5.97 Å². The standard InChI is InChI=1S/C12H11ClN2O5/c1-20-12(17)10(6-14-11(16)7-15(18)19)8-2-4-9(13)5-3-8/h2-6H,7H2,1H3,(H,14,16)/b10-6+. The Morgan fingerprint density at radius 3 is 2.50 bits per heavy atom. The molecule has 0 aliphatic carbocycles. The number of ether oxygens (including phenoxy) is 1. The molecule has 1 N–H and O–H groups in total. The maximum Gasteiger partial charge on any atom is 0.339 e. The van der Waals surface area contributed by atoms with E-state index in [9.17, 15) is 19.7 Å². The van der Waals surface area contributed by atoms with Gasteiger partial charge < -0.3 is 10.1 Å². The van der Waals surface area contributed by atoms with Crippen molar-refractivity contribution in [1.29, 1.82) is 0 Å². The van der Waals surface area contributed by atoms with Crippen LogP contribution >= 0.6 is 11.6 Å². The van der Waals surface area contributed by atoms with Crippen LogP contribution in [-0.4, -0.2) is 30.5 Å². The summed E-state index contributed by atoms with van der Waals surface area (Å²) in [4.78, 5) is 32.2. The van der Waals surface area contributed by atoms with Crippen LogP contribution in [0.15, 0.2) is 30.5 Å². The number of nitrogens with zero attached hydrogens (tertiary/aromatic N) is 1. The molecular formula is C12H11ClN2O5. The molecule has 0 aromatic heterocycles. The first-order valence-electron chi connectivity index (χ1n) is 5.39. The third kappa shape index (κ3) is 4.69. The molecule has 0 aliphatic heterocycles. The van der Waals surface area contributed by atoms with Crippen molar-refractivity contribution < 1.29 is 19.2 Å². The molecule has 0 aliphatic rings. The average Bonchev–Trinajstić information content (AvgIpc) is 2.39. The molecule has 8 heteroatoms. The summed E-state index contributed by atoms with van der Waals surface area (Å²) in [6, 6.07) is 6.24. The highest BCUT2D eigenvalue weighted by Gasteiger charge is 2.14. The maximum absolute atomic E-state index is 11.6. The van der Waals surface area contributed by atoms with Crippen molar-refractivity contribution in [2.75, 3.05) is 13.7 Å². The largest absolute Gasteiger partial charge is 0.465 e. The Kier molecular flexibility index (Phi) is 5.67. The van der Waals surface area contributed by atoms with Crippen LogP contribution in [0.25, 0.3) is 5.57 Å². The summed E-state index contributed by atoms with van der Waals surface area (Å²) in [5, 5.41) is 12.8. The Bertz CT molecular complexity index is 553. The minimum absolute atomic E-state index is 0.0564. The van der Waals surface area contributed by atoms with Crippen LogP contribution in [0.5, 0.6) is 0 Å². The molecule has 0 saturated heterocycles. The minimum Gasteiger partial charge on any atom is -0.465 e. The van der Waals surface area contributed by atoms with E-state index in [2.05, 4.69) is 10.1 Å². The van der Waals surface area contributed by atoms with Crippen LogP contribution in [0.4, 0.5) is 0 Å². The second kappa shape index (κ2) is 7.25. The van der Waals surface area contributed by atoms with Gasteiger partial charge in [0.2, 0.25) is 0 Å². The van der Waals surface area contributed by atoms with Crippen molar-refractivity contribution in [2.24, 2.45) is 0 Å². The zero-order valence-electron chi connectivity index (χ0n) is 10.5. The average molecular weight is 299 g/mol. The van der Waals surface area contributed by atoms with Gasteiger partial charge in [-0.2, -0.15) is 0 Å². The van der Waals surface area contributed by atoms with Crippen LogP contribution in [0.2, 0.25) is 5.02 Å². The van der Waals surface area contributed by atoms with E-state index in [1.165, 1.54) is 7.11 Å². The summed E-state index contributed by atoms with van der Waals surface area (Å²) < 4.78 is 4.59. The van der Waals surface area contributed by atoms with E-state index >= 15 is 0 Å². The van der Waals surface area contributed by atoms with Crippen LogP contribution in [0.3, 0.4) is 0 Å². The number of esters is 1. The van der Waals surface area contributed by atoms with Gasteiger partial charge in [0, 0.05) is 16.1 Å². The molecule has 0 fully saturated rings. The van der Waals surface area contributed by atoms with Gasteiger partial charge in [0.15, 0.2) is 0 Å². The van der Waals surface area contributed by atoms with Gasteiger partial charge in [-0.25, -0.2) is 4.79 Å². The summed E-state index contributed by atoms with van der Waals surface area (Å²) in [5.41, 5.74) is 0.517. The molecule has 0 radical (unpaired) electrons. The van der Waals surface area contributed by atoms with Gasteiger partial charge in [-0.05, 0) is 17.7 Å². The second-order valence-corrected chi connectivity index (χ2v) is 4.05. The van der Waals surface area contributed by atoms with Crippen molar-refractivity contribution in [2.45, 2.75) is 0 Å². The zero-order valence-corrected chi connectivity index (χ0v) is 11.2. The Morgan fingerprint density at radius 2 is 2.00 bits per heavy atom. The number of hydrogen-bond acceptors (Lipinski definition) is 5. The fourth-order valence-corrected chi connectivity index (χ4v) is 1.44. The first-order chi connectivity index (χ1) is 9.43. The first-order valence-corrected chi connectivity index (χ1v) is 5.77.